The largest absolute Gasteiger partial charge is 0.509 e. The zero-order valence-electron chi connectivity index (χ0n) is 25.4. The van der Waals surface area contributed by atoms with Crippen molar-refractivity contribution in [2.75, 3.05) is 65.1 Å². The van der Waals surface area contributed by atoms with Crippen molar-refractivity contribution >= 4 is 69.1 Å². The number of anilines is 1. The molecule has 1 atom stereocenters. The molecule has 17 heteroatoms. The minimum Gasteiger partial charge on any atom is -0.454 e. The molecule has 2 fully saturated rings. The molecule has 2 N–H and O–H groups in total. The summed E-state index contributed by atoms with van der Waals surface area (Å²) in [5, 5.41) is 0.743. The number of imidazole rings is 1. The number of morpholine rings is 1. The molecule has 0 spiro atoms. The highest BCUT2D eigenvalue weighted by Crippen LogP contribution is 2.43. The van der Waals surface area contributed by atoms with Gasteiger partial charge in [-0.1, -0.05) is 11.8 Å². The maximum absolute atomic E-state index is 13.0. The summed E-state index contributed by atoms with van der Waals surface area (Å²) >= 11 is 5.13. The van der Waals surface area contributed by atoms with E-state index in [4.69, 9.17) is 34.4 Å². The molecule has 1 unspecified atom stereocenters. The number of likely N-dealkylation sites (tertiary alicyclic amines) is 1. The Balaban J connectivity index is 0.00000417. The van der Waals surface area contributed by atoms with Gasteiger partial charge in [0.15, 0.2) is 39.7 Å². The van der Waals surface area contributed by atoms with Gasteiger partial charge in [-0.15, -0.1) is 12.4 Å². The first-order valence-electron chi connectivity index (χ1n) is 15.0. The molecule has 1 aromatic carbocycles. The number of aromatic nitrogens is 4. The van der Waals surface area contributed by atoms with Gasteiger partial charge in [-0.3, -0.25) is 9.69 Å². The molecule has 0 bridgehead atoms. The first-order chi connectivity index (χ1) is 21.9. The lowest BCUT2D eigenvalue weighted by atomic mass is 9.93. The Kier molecular flexibility index (Phi) is 11.7. The number of carbonyl (C=O) groups is 2. The Morgan fingerprint density at radius 3 is 2.61 bits per heavy atom. The lowest BCUT2D eigenvalue weighted by Gasteiger charge is -2.33. The summed E-state index contributed by atoms with van der Waals surface area (Å²) in [6.07, 6.45) is 2.26. The van der Waals surface area contributed by atoms with E-state index in [1.807, 2.05) is 12.1 Å². The number of nitrogen functional groups attached to an aromatic ring is 1. The summed E-state index contributed by atoms with van der Waals surface area (Å²) < 4.78 is 29.8. The number of aryl methyl sites for hydroxylation is 1. The average molecular weight is 743 g/mol. The SMILES string of the molecule is CC(OC(=O)OCCN1CCOCC1)C(=O)N1CCC(CCn2c(Sc3cc4c(cc3Br)OCO4)nc3c(N)ncnc32)CC1.Cl. The molecule has 2 saturated heterocycles. The number of benzene rings is 1. The van der Waals surface area contributed by atoms with Crippen LogP contribution < -0.4 is 15.2 Å². The van der Waals surface area contributed by atoms with Crippen LogP contribution in [0.4, 0.5) is 10.6 Å². The molecule has 14 nitrogen and oxygen atoms in total. The van der Waals surface area contributed by atoms with Crippen LogP contribution in [-0.2, 0) is 25.5 Å². The molecule has 0 saturated carbocycles. The third-order valence-corrected chi connectivity index (χ3v) is 10.2. The fraction of sp³-hybridized carbons (Fsp3) is 0.552. The number of hydrogen-bond donors (Lipinski definition) is 1. The van der Waals surface area contributed by atoms with E-state index in [9.17, 15) is 9.59 Å². The zero-order valence-corrected chi connectivity index (χ0v) is 28.6. The van der Waals surface area contributed by atoms with Crippen molar-refractivity contribution in [3.63, 3.8) is 0 Å². The lowest BCUT2D eigenvalue weighted by molar-refractivity contribution is -0.142. The summed E-state index contributed by atoms with van der Waals surface area (Å²) in [4.78, 5) is 43.4. The van der Waals surface area contributed by atoms with Crippen LogP contribution in [0.1, 0.15) is 26.2 Å². The van der Waals surface area contributed by atoms with Crippen molar-refractivity contribution in [1.82, 2.24) is 29.3 Å². The predicted octanol–water partition coefficient (Wildman–Crippen LogP) is 3.98. The van der Waals surface area contributed by atoms with E-state index >= 15 is 0 Å². The van der Waals surface area contributed by atoms with E-state index in [0.29, 0.717) is 73.8 Å². The molecule has 1 amide bonds. The zero-order chi connectivity index (χ0) is 31.3. The lowest BCUT2D eigenvalue weighted by Crippen LogP contribution is -2.44. The number of fused-ring (bicyclic) bond motifs is 2. The highest BCUT2D eigenvalue weighted by atomic mass is 79.9. The quantitative estimate of drug-likeness (QED) is 0.298. The maximum atomic E-state index is 13.0. The number of carbonyl (C=O) groups excluding carboxylic acids is 2. The highest BCUT2D eigenvalue weighted by Gasteiger charge is 2.29. The number of halogens is 2. The highest BCUT2D eigenvalue weighted by molar-refractivity contribution is 9.10. The van der Waals surface area contributed by atoms with Gasteiger partial charge in [-0.25, -0.2) is 19.7 Å². The normalized spacial score (nSPS) is 17.5. The van der Waals surface area contributed by atoms with Gasteiger partial charge in [-0.2, -0.15) is 0 Å². The topological polar surface area (TPSA) is 156 Å². The van der Waals surface area contributed by atoms with Gasteiger partial charge in [0.25, 0.3) is 5.91 Å². The van der Waals surface area contributed by atoms with Crippen LogP contribution in [0.25, 0.3) is 11.2 Å². The van der Waals surface area contributed by atoms with E-state index in [2.05, 4.69) is 35.4 Å². The van der Waals surface area contributed by atoms with Gasteiger partial charge in [0.05, 0.1) is 13.2 Å². The van der Waals surface area contributed by atoms with Gasteiger partial charge in [0.1, 0.15) is 12.9 Å². The summed E-state index contributed by atoms with van der Waals surface area (Å²) in [6.45, 7) is 7.44. The molecule has 3 aromatic rings. The predicted molar refractivity (Wildman–Crippen MR) is 174 cm³/mol. The number of amides is 1. The summed E-state index contributed by atoms with van der Waals surface area (Å²) in [7, 11) is 0. The molecular weight excluding hydrogens is 706 g/mol. The molecule has 6 rings (SSSR count). The molecular formula is C29H37BrClN7O7S. The van der Waals surface area contributed by atoms with E-state index in [1.165, 1.54) is 18.1 Å². The minimum absolute atomic E-state index is 0. The van der Waals surface area contributed by atoms with Crippen molar-refractivity contribution in [1.29, 1.82) is 0 Å². The van der Waals surface area contributed by atoms with Crippen LogP contribution in [0.5, 0.6) is 11.5 Å². The molecule has 2 aromatic heterocycles. The van der Waals surface area contributed by atoms with E-state index in [0.717, 1.165) is 46.9 Å². The maximum Gasteiger partial charge on any atom is 0.509 e. The van der Waals surface area contributed by atoms with Crippen molar-refractivity contribution in [3.8, 4) is 11.5 Å². The van der Waals surface area contributed by atoms with Gasteiger partial charge in [-0.05, 0) is 60.2 Å². The Hall–Kier alpha value is -3.05. The molecule has 0 aliphatic carbocycles. The van der Waals surface area contributed by atoms with Crippen LogP contribution in [0, 0.1) is 5.92 Å². The summed E-state index contributed by atoms with van der Waals surface area (Å²) in [5.41, 5.74) is 7.40. The Bertz CT molecular complexity index is 1540. The number of nitrogens with zero attached hydrogens (tertiary/aromatic N) is 6. The third kappa shape index (κ3) is 8.08. The Labute approximate surface area is 285 Å². The summed E-state index contributed by atoms with van der Waals surface area (Å²) in [5.74, 6) is 1.89. The fourth-order valence-corrected chi connectivity index (χ4v) is 7.12. The van der Waals surface area contributed by atoms with Crippen LogP contribution in [-0.4, -0.2) is 107 Å². The first kappa shape index (κ1) is 34.3. The van der Waals surface area contributed by atoms with Crippen molar-refractivity contribution in [2.24, 2.45) is 5.92 Å². The third-order valence-electron chi connectivity index (χ3n) is 8.19. The van der Waals surface area contributed by atoms with Gasteiger partial charge >= 0.3 is 6.16 Å². The van der Waals surface area contributed by atoms with Gasteiger partial charge in [0.2, 0.25) is 6.79 Å². The number of hydrogen-bond acceptors (Lipinski definition) is 13. The molecule has 46 heavy (non-hydrogen) atoms. The number of ether oxygens (including phenoxy) is 5. The summed E-state index contributed by atoms with van der Waals surface area (Å²) in [6, 6.07) is 3.82. The fourth-order valence-electron chi connectivity index (χ4n) is 5.61. The van der Waals surface area contributed by atoms with E-state index in [-0.39, 0.29) is 31.7 Å². The Morgan fingerprint density at radius 2 is 1.85 bits per heavy atom. The minimum atomic E-state index is -0.907. The second-order valence-electron chi connectivity index (χ2n) is 11.1. The van der Waals surface area contributed by atoms with Crippen LogP contribution in [0.2, 0.25) is 0 Å². The van der Waals surface area contributed by atoms with Crippen molar-refractivity contribution < 1.29 is 33.3 Å². The molecule has 5 heterocycles. The smallest absolute Gasteiger partial charge is 0.454 e. The van der Waals surface area contributed by atoms with Gasteiger partial charge in [0, 0.05) is 48.6 Å². The molecule has 250 valence electrons. The van der Waals surface area contributed by atoms with Crippen LogP contribution in [0.15, 0.2) is 33.0 Å². The van der Waals surface area contributed by atoms with Gasteiger partial charge < -0.3 is 38.9 Å². The van der Waals surface area contributed by atoms with E-state index < -0.39 is 12.3 Å². The molecule has 3 aliphatic rings. The Morgan fingerprint density at radius 1 is 1.11 bits per heavy atom. The number of nitrogens with two attached hydrogens (primary N) is 1. The monoisotopic (exact) mass is 741 g/mol. The molecule has 0 radical (unpaired) electrons. The number of rotatable bonds is 10. The van der Waals surface area contributed by atoms with Crippen LogP contribution in [0.3, 0.4) is 0 Å². The second-order valence-corrected chi connectivity index (χ2v) is 12.9. The van der Waals surface area contributed by atoms with Crippen molar-refractivity contribution in [2.45, 2.75) is 48.9 Å². The standard InChI is InChI=1S/C29H36BrN7O7S.ClH/c1-18(44-29(39)41-13-10-35-8-11-40-12-9-35)27(38)36-5-2-19(3-6-36)4-7-37-26-24(25(31)32-16-33-26)34-28(37)45-23-15-22-21(14-20(23)30)42-17-43-22;/h14-16,18-19H,2-13,17H2,1H3,(H2,31,32,33);1H. The number of piperidine rings is 1. The second kappa shape index (κ2) is 15.7. The van der Waals surface area contributed by atoms with Crippen LogP contribution >= 0.6 is 40.1 Å². The van der Waals surface area contributed by atoms with E-state index in [1.54, 1.807) is 11.8 Å². The molecule has 3 aliphatic heterocycles. The first-order valence-corrected chi connectivity index (χ1v) is 16.6. The average Bonchev–Trinajstić information content (AvgIpc) is 3.65. The van der Waals surface area contributed by atoms with Crippen molar-refractivity contribution in [3.05, 3.63) is 22.9 Å².